The number of aldehydes is 1. The van der Waals surface area contributed by atoms with E-state index in [-0.39, 0.29) is 36.3 Å². The van der Waals surface area contributed by atoms with E-state index >= 15 is 0 Å². The normalized spacial score (nSPS) is 22.1. The van der Waals surface area contributed by atoms with E-state index in [9.17, 15) is 14.7 Å². The first-order valence-corrected chi connectivity index (χ1v) is 16.9. The Labute approximate surface area is 272 Å². The number of H-pyrrole nitrogens is 1. The Balaban J connectivity index is 1.56. The maximum atomic E-state index is 12.1. The van der Waals surface area contributed by atoms with E-state index in [4.69, 9.17) is 22.5 Å². The van der Waals surface area contributed by atoms with Gasteiger partial charge in [0.15, 0.2) is 5.96 Å². The lowest BCUT2D eigenvalue weighted by Crippen LogP contribution is -2.40. The number of benzene rings is 2. The fourth-order valence-corrected chi connectivity index (χ4v) is 8.03. The van der Waals surface area contributed by atoms with Gasteiger partial charge >= 0.3 is 5.97 Å². The molecule has 0 amide bonds. The number of carboxylic acid groups (broad SMARTS) is 1. The fraction of sp³-hybridized carbons (Fsp3) is 0.486. The van der Waals surface area contributed by atoms with Crippen molar-refractivity contribution in [2.75, 3.05) is 6.54 Å². The SMILES string of the molecule is CCCCC(N)CCCC1c2cc3cc(CC=O)ccc3cc2C2CCC(C([N-]c3ccc[nH]3)C(=CC(=O)O)CN=C(N)N)C1C2. The largest absolute Gasteiger partial charge is 0.478 e. The summed E-state index contributed by atoms with van der Waals surface area (Å²) in [5.41, 5.74) is 22.4. The van der Waals surface area contributed by atoms with E-state index < -0.39 is 12.0 Å². The number of fused-ring (bicyclic) bond motifs is 5. The quantitative estimate of drug-likeness (QED) is 0.0522. The highest BCUT2D eigenvalue weighted by Gasteiger charge is 2.44. The van der Waals surface area contributed by atoms with Gasteiger partial charge in [-0.1, -0.05) is 80.7 Å². The minimum Gasteiger partial charge on any atom is -0.478 e. The molecule has 46 heavy (non-hydrogen) atoms. The Kier molecular flexibility index (Phi) is 11.2. The van der Waals surface area contributed by atoms with E-state index in [1.165, 1.54) is 22.6 Å². The molecule has 9 heteroatoms. The van der Waals surface area contributed by atoms with Crippen molar-refractivity contribution < 1.29 is 14.7 Å². The summed E-state index contributed by atoms with van der Waals surface area (Å²) >= 11 is 0. The van der Waals surface area contributed by atoms with Crippen LogP contribution in [0.2, 0.25) is 0 Å². The van der Waals surface area contributed by atoms with Crippen LogP contribution in [0.25, 0.3) is 16.1 Å². The first-order chi connectivity index (χ1) is 22.3. The molecular weight excluding hydrogens is 576 g/mol. The van der Waals surface area contributed by atoms with Gasteiger partial charge in [-0.2, -0.15) is 0 Å². The molecule has 0 saturated heterocycles. The molecular formula is C37H49N6O3-. The summed E-state index contributed by atoms with van der Waals surface area (Å²) in [4.78, 5) is 30.8. The zero-order valence-electron chi connectivity index (χ0n) is 26.9. The number of guanidine groups is 1. The molecule has 1 heterocycles. The lowest BCUT2D eigenvalue weighted by molar-refractivity contribution is -0.131. The van der Waals surface area contributed by atoms with Crippen LogP contribution in [-0.4, -0.2) is 46.9 Å². The fourth-order valence-electron chi connectivity index (χ4n) is 8.03. The number of nitrogens with zero attached hydrogens (tertiary/aromatic N) is 2. The zero-order chi connectivity index (χ0) is 32.6. The Morgan fingerprint density at radius 2 is 1.91 bits per heavy atom. The second-order valence-electron chi connectivity index (χ2n) is 13.2. The van der Waals surface area contributed by atoms with Crippen molar-refractivity contribution in [3.8, 4) is 0 Å². The molecule has 0 aliphatic heterocycles. The monoisotopic (exact) mass is 625 g/mol. The molecule has 1 fully saturated rings. The molecule has 1 saturated carbocycles. The maximum absolute atomic E-state index is 12.1. The number of unbranched alkanes of at least 4 members (excludes halogenated alkanes) is 1. The van der Waals surface area contributed by atoms with E-state index in [1.54, 1.807) is 0 Å². The number of nitrogens with two attached hydrogens (primary N) is 3. The van der Waals surface area contributed by atoms with Gasteiger partial charge < -0.3 is 37.4 Å². The molecule has 0 spiro atoms. The summed E-state index contributed by atoms with van der Waals surface area (Å²) in [5, 5.41) is 17.4. The van der Waals surface area contributed by atoms with Gasteiger partial charge in [-0.3, -0.25) is 0 Å². The first-order valence-electron chi connectivity index (χ1n) is 16.9. The lowest BCUT2D eigenvalue weighted by atomic mass is 9.57. The summed E-state index contributed by atoms with van der Waals surface area (Å²) in [6.45, 7) is 2.28. The van der Waals surface area contributed by atoms with Crippen molar-refractivity contribution in [2.45, 2.75) is 95.1 Å². The van der Waals surface area contributed by atoms with Crippen LogP contribution in [0.1, 0.15) is 93.2 Å². The molecule has 2 aliphatic carbocycles. The molecule has 9 nitrogen and oxygen atoms in total. The molecule has 5 rings (SSSR count). The predicted octanol–water partition coefficient (Wildman–Crippen LogP) is 6.55. The molecule has 8 N–H and O–H groups in total. The Morgan fingerprint density at radius 1 is 1.11 bits per heavy atom. The number of carbonyl (C=O) groups is 2. The van der Waals surface area contributed by atoms with E-state index in [1.807, 2.05) is 18.3 Å². The van der Waals surface area contributed by atoms with Crippen LogP contribution in [0.4, 0.5) is 5.82 Å². The molecule has 2 aromatic carbocycles. The lowest BCUT2D eigenvalue weighted by Gasteiger charge is -2.51. The van der Waals surface area contributed by atoms with Gasteiger partial charge in [0.05, 0.1) is 6.54 Å². The van der Waals surface area contributed by atoms with E-state index in [0.717, 1.165) is 75.0 Å². The number of carboxylic acids is 1. The molecule has 6 unspecified atom stereocenters. The van der Waals surface area contributed by atoms with E-state index in [0.29, 0.717) is 23.7 Å². The minimum absolute atomic E-state index is 0.0772. The number of carbonyl (C=O) groups excluding carboxylic acids is 1. The second-order valence-corrected chi connectivity index (χ2v) is 13.2. The summed E-state index contributed by atoms with van der Waals surface area (Å²) in [5.74, 6) is 0.668. The third kappa shape index (κ3) is 7.99. The average Bonchev–Trinajstić information content (AvgIpc) is 3.55. The van der Waals surface area contributed by atoms with E-state index in [2.05, 4.69) is 47.2 Å². The molecule has 6 atom stereocenters. The van der Waals surface area contributed by atoms with Gasteiger partial charge in [-0.05, 0) is 101 Å². The smallest absolute Gasteiger partial charge is 0.328 e. The number of aliphatic imine (C=N–C) groups is 1. The van der Waals surface area contributed by atoms with Gasteiger partial charge in [-0.15, -0.1) is 0 Å². The van der Waals surface area contributed by atoms with Crippen LogP contribution in [0.15, 0.2) is 65.3 Å². The van der Waals surface area contributed by atoms with Crippen LogP contribution in [0.5, 0.6) is 0 Å². The highest BCUT2D eigenvalue weighted by molar-refractivity contribution is 5.86. The number of aromatic amines is 1. The van der Waals surface area contributed by atoms with Crippen molar-refractivity contribution in [3.63, 3.8) is 0 Å². The molecule has 3 aromatic rings. The van der Waals surface area contributed by atoms with Gasteiger partial charge in [0.25, 0.3) is 0 Å². The third-order valence-electron chi connectivity index (χ3n) is 10.2. The molecule has 2 aliphatic rings. The summed E-state index contributed by atoms with van der Waals surface area (Å²) in [7, 11) is 0. The highest BCUT2D eigenvalue weighted by Crippen LogP contribution is 2.57. The average molecular weight is 626 g/mol. The number of aromatic nitrogens is 1. The standard InChI is InChI=1S/C37H49N6O3/c1-2-3-6-28(38)7-4-8-29-32-19-25(31-18-24-11-10-23(14-16-44)17-26(24)20-33(29)31)12-13-30(32)36(43-34-9-5-15-41-34)27(21-35(45)46)22-42-37(39)40/h5,9-11,15-18,20-21,25,28-30,32,36,41H,2-4,6-8,12-14,19,22,38H2,1H3,(H,45,46)(H4,39,40,42)/q-1. The third-order valence-corrected chi connectivity index (χ3v) is 10.2. The van der Waals surface area contributed by atoms with Gasteiger partial charge in [0.2, 0.25) is 0 Å². The van der Waals surface area contributed by atoms with Crippen molar-refractivity contribution in [1.82, 2.24) is 4.98 Å². The zero-order valence-corrected chi connectivity index (χ0v) is 26.9. The van der Waals surface area contributed by atoms with Crippen LogP contribution in [-0.2, 0) is 16.0 Å². The van der Waals surface area contributed by atoms with Crippen molar-refractivity contribution in [1.29, 1.82) is 0 Å². The topological polar surface area (TPSA) is 175 Å². The molecule has 0 radical (unpaired) electrons. The molecule has 1 aromatic heterocycles. The van der Waals surface area contributed by atoms with Crippen molar-refractivity contribution >= 4 is 34.8 Å². The number of hydrogen-bond acceptors (Lipinski definition) is 4. The summed E-state index contributed by atoms with van der Waals surface area (Å²) < 4.78 is 0. The maximum Gasteiger partial charge on any atom is 0.328 e. The Morgan fingerprint density at radius 3 is 2.63 bits per heavy atom. The van der Waals surface area contributed by atoms with Crippen LogP contribution < -0.4 is 17.2 Å². The Bertz CT molecular complexity index is 1540. The summed E-state index contributed by atoms with van der Waals surface area (Å²) in [6.07, 6.45) is 13.7. The van der Waals surface area contributed by atoms with Gasteiger partial charge in [0.1, 0.15) is 6.29 Å². The van der Waals surface area contributed by atoms with Crippen molar-refractivity contribution in [2.24, 2.45) is 34.0 Å². The van der Waals surface area contributed by atoms with Gasteiger partial charge in [-0.25, -0.2) is 9.79 Å². The van der Waals surface area contributed by atoms with Crippen LogP contribution >= 0.6 is 0 Å². The van der Waals surface area contributed by atoms with Crippen LogP contribution in [0, 0.1) is 11.8 Å². The first kappa shape index (κ1) is 33.3. The summed E-state index contributed by atoms with van der Waals surface area (Å²) in [6, 6.07) is 14.7. The minimum atomic E-state index is -1.04. The van der Waals surface area contributed by atoms with Crippen LogP contribution in [0.3, 0.4) is 0 Å². The van der Waals surface area contributed by atoms with Gasteiger partial charge in [0, 0.05) is 18.5 Å². The predicted molar refractivity (Wildman–Crippen MR) is 185 cm³/mol. The number of nitrogens with one attached hydrogen (secondary N) is 1. The number of hydrogen-bond donors (Lipinski definition) is 5. The van der Waals surface area contributed by atoms with Crippen molar-refractivity contribution in [3.05, 3.63) is 82.3 Å². The second kappa shape index (κ2) is 15.5. The number of rotatable bonds is 16. The molecule has 246 valence electrons. The number of aliphatic carboxylic acids is 1. The highest BCUT2D eigenvalue weighted by atomic mass is 16.4. The molecule has 2 bridgehead atoms. The Hall–Kier alpha value is -4.11.